The second-order valence-electron chi connectivity index (χ2n) is 3.85. The molecule has 0 atom stereocenters. The summed E-state index contributed by atoms with van der Waals surface area (Å²) in [5, 5.41) is 3.88. The maximum absolute atomic E-state index is 10.9. The fraction of sp³-hybridized carbons (Fsp3) is 0.250. The van der Waals surface area contributed by atoms with Gasteiger partial charge in [-0.1, -0.05) is 21.1 Å². The molecule has 4 nitrogen and oxygen atoms in total. The summed E-state index contributed by atoms with van der Waals surface area (Å²) in [6.07, 6.45) is 0.183. The van der Waals surface area contributed by atoms with Crippen molar-refractivity contribution in [3.05, 3.63) is 34.1 Å². The number of aryl methyl sites for hydroxylation is 1. The molecule has 17 heavy (non-hydrogen) atoms. The van der Waals surface area contributed by atoms with Crippen molar-refractivity contribution in [2.75, 3.05) is 0 Å². The van der Waals surface area contributed by atoms with E-state index in [4.69, 9.17) is 4.52 Å². The van der Waals surface area contributed by atoms with Crippen LogP contribution >= 0.6 is 15.9 Å². The van der Waals surface area contributed by atoms with Gasteiger partial charge in [-0.3, -0.25) is 4.79 Å². The lowest BCUT2D eigenvalue weighted by Crippen LogP contribution is -1.96. The summed E-state index contributed by atoms with van der Waals surface area (Å²) < 4.78 is 6.03. The highest BCUT2D eigenvalue weighted by Crippen LogP contribution is 2.23. The Hall–Kier alpha value is -1.49. The lowest BCUT2D eigenvalue weighted by molar-refractivity contribution is -0.116. The summed E-state index contributed by atoms with van der Waals surface area (Å²) >= 11 is 3.40. The standard InChI is InChI=1S/C12H11BrN2O2/c1-7-5-9(13)3-4-10(7)12-14-11(17-15-12)6-8(2)16/h3-5H,6H2,1-2H3. The number of ketones is 1. The van der Waals surface area contributed by atoms with E-state index in [1.807, 2.05) is 25.1 Å². The van der Waals surface area contributed by atoms with Gasteiger partial charge in [0, 0.05) is 10.0 Å². The molecule has 5 heteroatoms. The van der Waals surface area contributed by atoms with Gasteiger partial charge in [-0.2, -0.15) is 4.98 Å². The summed E-state index contributed by atoms with van der Waals surface area (Å²) in [6.45, 7) is 3.47. The van der Waals surface area contributed by atoms with Crippen LogP contribution < -0.4 is 0 Å². The van der Waals surface area contributed by atoms with Crippen molar-refractivity contribution in [3.8, 4) is 11.4 Å². The first kappa shape index (κ1) is 12.0. The smallest absolute Gasteiger partial charge is 0.234 e. The highest BCUT2D eigenvalue weighted by molar-refractivity contribution is 9.10. The minimum atomic E-state index is 0.00716. The fourth-order valence-electron chi connectivity index (χ4n) is 1.53. The summed E-state index contributed by atoms with van der Waals surface area (Å²) in [4.78, 5) is 15.1. The molecule has 0 aliphatic heterocycles. The Morgan fingerprint density at radius 3 is 2.88 bits per heavy atom. The monoisotopic (exact) mass is 294 g/mol. The lowest BCUT2D eigenvalue weighted by Gasteiger charge is -2.00. The molecule has 1 heterocycles. The number of rotatable bonds is 3. The van der Waals surface area contributed by atoms with Crippen molar-refractivity contribution in [2.24, 2.45) is 0 Å². The Bertz CT molecular complexity index is 563. The molecule has 2 aromatic rings. The van der Waals surface area contributed by atoms with E-state index < -0.39 is 0 Å². The van der Waals surface area contributed by atoms with Crippen molar-refractivity contribution in [3.63, 3.8) is 0 Å². The van der Waals surface area contributed by atoms with Gasteiger partial charge in [-0.05, 0) is 37.6 Å². The Labute approximate surface area is 107 Å². The zero-order valence-corrected chi connectivity index (χ0v) is 11.1. The predicted octanol–water partition coefficient (Wildman–Crippen LogP) is 2.94. The highest BCUT2D eigenvalue weighted by Gasteiger charge is 2.12. The molecule has 0 bridgehead atoms. The number of carbonyl (C=O) groups is 1. The molecule has 0 saturated heterocycles. The van der Waals surface area contributed by atoms with E-state index in [2.05, 4.69) is 26.1 Å². The second kappa shape index (κ2) is 4.79. The van der Waals surface area contributed by atoms with Crippen LogP contribution in [0.5, 0.6) is 0 Å². The van der Waals surface area contributed by atoms with Crippen LogP contribution in [0.4, 0.5) is 0 Å². The van der Waals surface area contributed by atoms with Crippen molar-refractivity contribution in [1.82, 2.24) is 10.1 Å². The number of Topliss-reactive ketones (excluding diaryl/α,β-unsaturated/α-hetero) is 1. The first-order chi connectivity index (χ1) is 8.06. The van der Waals surface area contributed by atoms with E-state index in [1.165, 1.54) is 6.92 Å². The largest absolute Gasteiger partial charge is 0.339 e. The summed E-state index contributed by atoms with van der Waals surface area (Å²) in [7, 11) is 0. The average Bonchev–Trinajstić information content (AvgIpc) is 2.65. The van der Waals surface area contributed by atoms with Crippen molar-refractivity contribution in [1.29, 1.82) is 0 Å². The maximum atomic E-state index is 10.9. The molecular formula is C12H11BrN2O2. The van der Waals surface area contributed by atoms with Gasteiger partial charge in [0.2, 0.25) is 11.7 Å². The van der Waals surface area contributed by atoms with E-state index in [0.29, 0.717) is 11.7 Å². The molecule has 0 N–H and O–H groups in total. The van der Waals surface area contributed by atoms with Crippen LogP contribution in [-0.4, -0.2) is 15.9 Å². The quantitative estimate of drug-likeness (QED) is 0.873. The van der Waals surface area contributed by atoms with Crippen LogP contribution in [0.2, 0.25) is 0 Å². The van der Waals surface area contributed by atoms with Crippen molar-refractivity contribution >= 4 is 21.7 Å². The third-order valence-corrected chi connectivity index (χ3v) is 2.79. The maximum Gasteiger partial charge on any atom is 0.234 e. The van der Waals surface area contributed by atoms with Gasteiger partial charge >= 0.3 is 0 Å². The molecule has 88 valence electrons. The molecule has 0 fully saturated rings. The third-order valence-electron chi connectivity index (χ3n) is 2.30. The summed E-state index contributed by atoms with van der Waals surface area (Å²) in [5.74, 6) is 0.883. The zero-order chi connectivity index (χ0) is 12.4. The van der Waals surface area contributed by atoms with Crippen molar-refractivity contribution in [2.45, 2.75) is 20.3 Å². The number of hydrogen-bond acceptors (Lipinski definition) is 4. The first-order valence-corrected chi connectivity index (χ1v) is 5.94. The molecule has 0 unspecified atom stereocenters. The van der Waals surface area contributed by atoms with Crippen LogP contribution in [0.3, 0.4) is 0 Å². The van der Waals surface area contributed by atoms with Gasteiger partial charge in [-0.15, -0.1) is 0 Å². The van der Waals surface area contributed by atoms with Gasteiger partial charge in [-0.25, -0.2) is 0 Å². The number of aromatic nitrogens is 2. The zero-order valence-electron chi connectivity index (χ0n) is 9.53. The predicted molar refractivity (Wildman–Crippen MR) is 66.6 cm³/mol. The van der Waals surface area contributed by atoms with E-state index >= 15 is 0 Å². The van der Waals surface area contributed by atoms with Crippen LogP contribution in [0.15, 0.2) is 27.2 Å². The Morgan fingerprint density at radius 2 is 2.24 bits per heavy atom. The number of hydrogen-bond donors (Lipinski definition) is 0. The normalized spacial score (nSPS) is 10.5. The minimum Gasteiger partial charge on any atom is -0.339 e. The van der Waals surface area contributed by atoms with Gasteiger partial charge < -0.3 is 4.52 Å². The van der Waals surface area contributed by atoms with Gasteiger partial charge in [0.1, 0.15) is 5.78 Å². The first-order valence-electron chi connectivity index (χ1n) is 5.15. The van der Waals surface area contributed by atoms with E-state index in [1.54, 1.807) is 0 Å². The second-order valence-corrected chi connectivity index (χ2v) is 4.77. The number of halogens is 1. The van der Waals surface area contributed by atoms with E-state index in [0.717, 1.165) is 15.6 Å². The molecule has 1 aromatic heterocycles. The SMILES string of the molecule is CC(=O)Cc1nc(-c2ccc(Br)cc2C)no1. The molecule has 0 amide bonds. The summed E-state index contributed by atoms with van der Waals surface area (Å²) in [5.41, 5.74) is 1.96. The molecular weight excluding hydrogens is 284 g/mol. The number of carbonyl (C=O) groups excluding carboxylic acids is 1. The van der Waals surface area contributed by atoms with E-state index in [9.17, 15) is 4.79 Å². The van der Waals surface area contributed by atoms with Crippen LogP contribution in [-0.2, 0) is 11.2 Å². The fourth-order valence-corrected chi connectivity index (χ4v) is 2.00. The molecule has 0 aliphatic rings. The van der Waals surface area contributed by atoms with E-state index in [-0.39, 0.29) is 12.2 Å². The molecule has 2 rings (SSSR count). The topological polar surface area (TPSA) is 56.0 Å². The number of nitrogens with zero attached hydrogens (tertiary/aromatic N) is 2. The molecule has 1 aromatic carbocycles. The van der Waals surface area contributed by atoms with Crippen LogP contribution in [0, 0.1) is 6.92 Å². The Balaban J connectivity index is 2.33. The Kier molecular flexibility index (Phi) is 3.38. The van der Waals surface area contributed by atoms with Gasteiger partial charge in [0.05, 0.1) is 6.42 Å². The average molecular weight is 295 g/mol. The molecule has 0 aliphatic carbocycles. The van der Waals surface area contributed by atoms with Crippen LogP contribution in [0.25, 0.3) is 11.4 Å². The Morgan fingerprint density at radius 1 is 1.47 bits per heavy atom. The number of benzene rings is 1. The summed E-state index contributed by atoms with van der Waals surface area (Å²) in [6, 6.07) is 5.82. The van der Waals surface area contributed by atoms with Gasteiger partial charge in [0.15, 0.2) is 0 Å². The van der Waals surface area contributed by atoms with Crippen LogP contribution in [0.1, 0.15) is 18.4 Å². The van der Waals surface area contributed by atoms with Crippen molar-refractivity contribution < 1.29 is 9.32 Å². The molecule has 0 saturated carbocycles. The molecule has 0 spiro atoms. The highest BCUT2D eigenvalue weighted by atomic mass is 79.9. The van der Waals surface area contributed by atoms with Gasteiger partial charge in [0.25, 0.3) is 0 Å². The third kappa shape index (κ3) is 2.79. The molecule has 0 radical (unpaired) electrons. The lowest BCUT2D eigenvalue weighted by atomic mass is 10.1. The minimum absolute atomic E-state index is 0.00716.